The van der Waals surface area contributed by atoms with Gasteiger partial charge in [0.25, 0.3) is 0 Å². The number of rotatable bonds is 5. The second-order valence-electron chi connectivity index (χ2n) is 7.55. The molecular weight excluding hydrogens is 264 g/mol. The quantitative estimate of drug-likeness (QED) is 0.868. The third-order valence-corrected chi connectivity index (χ3v) is 5.70. The van der Waals surface area contributed by atoms with Crippen molar-refractivity contribution in [2.24, 2.45) is 11.7 Å². The van der Waals surface area contributed by atoms with E-state index in [-0.39, 0.29) is 5.41 Å². The second-order valence-corrected chi connectivity index (χ2v) is 7.55. The summed E-state index contributed by atoms with van der Waals surface area (Å²) in [6.45, 7) is 3.31. The Morgan fingerprint density at radius 3 is 2.62 bits per heavy atom. The van der Waals surface area contributed by atoms with Crippen molar-refractivity contribution in [3.05, 3.63) is 11.7 Å². The Morgan fingerprint density at radius 2 is 2.00 bits per heavy atom. The minimum atomic E-state index is 0.162. The normalized spacial score (nSPS) is 37.4. The molecule has 2 atom stereocenters. The Labute approximate surface area is 126 Å². The zero-order valence-corrected chi connectivity index (χ0v) is 12.8. The van der Waals surface area contributed by atoms with Crippen LogP contribution in [0.2, 0.25) is 0 Å². The molecule has 0 radical (unpaired) electrons. The first-order valence-electron chi connectivity index (χ1n) is 8.49. The topological polar surface area (TPSA) is 77.0 Å². The van der Waals surface area contributed by atoms with E-state index in [1.165, 1.54) is 19.3 Å². The molecule has 1 heterocycles. The predicted octanol–water partition coefficient (Wildman–Crippen LogP) is 2.08. The van der Waals surface area contributed by atoms with E-state index in [0.717, 1.165) is 49.9 Å². The monoisotopic (exact) mass is 290 g/mol. The van der Waals surface area contributed by atoms with Crippen LogP contribution in [0.15, 0.2) is 4.52 Å². The number of hydrogen-bond donors (Lipinski definition) is 2. The molecule has 4 rings (SSSR count). The highest BCUT2D eigenvalue weighted by Crippen LogP contribution is 2.47. The fourth-order valence-corrected chi connectivity index (χ4v) is 3.55. The summed E-state index contributed by atoms with van der Waals surface area (Å²) >= 11 is 0. The van der Waals surface area contributed by atoms with Gasteiger partial charge in [0.15, 0.2) is 5.82 Å². The molecule has 3 aliphatic rings. The highest BCUT2D eigenvalue weighted by atomic mass is 16.5. The summed E-state index contributed by atoms with van der Waals surface area (Å²) in [5.41, 5.74) is 6.13. The van der Waals surface area contributed by atoms with Crippen LogP contribution >= 0.6 is 0 Å². The Morgan fingerprint density at radius 1 is 1.29 bits per heavy atom. The van der Waals surface area contributed by atoms with E-state index in [1.807, 2.05) is 0 Å². The van der Waals surface area contributed by atoms with Crippen LogP contribution in [0.3, 0.4) is 0 Å². The van der Waals surface area contributed by atoms with Crippen LogP contribution in [-0.2, 0) is 5.41 Å². The highest BCUT2D eigenvalue weighted by Gasteiger charge is 2.49. The molecule has 21 heavy (non-hydrogen) atoms. The Hall–Kier alpha value is -0.940. The van der Waals surface area contributed by atoms with Crippen molar-refractivity contribution in [3.8, 4) is 0 Å². The smallest absolute Gasteiger partial charge is 0.229 e. The lowest BCUT2D eigenvalue weighted by atomic mass is 9.86. The summed E-state index contributed by atoms with van der Waals surface area (Å²) in [5, 5.41) is 7.97. The van der Waals surface area contributed by atoms with Crippen LogP contribution in [0, 0.1) is 5.92 Å². The maximum Gasteiger partial charge on any atom is 0.229 e. The van der Waals surface area contributed by atoms with E-state index in [9.17, 15) is 0 Å². The molecule has 0 amide bonds. The molecule has 0 unspecified atom stereocenters. The van der Waals surface area contributed by atoms with Gasteiger partial charge in [0, 0.05) is 30.0 Å². The van der Waals surface area contributed by atoms with Crippen molar-refractivity contribution >= 4 is 0 Å². The Kier molecular flexibility index (Phi) is 3.30. The molecule has 0 saturated heterocycles. The van der Waals surface area contributed by atoms with Gasteiger partial charge in [0.2, 0.25) is 5.89 Å². The Bertz CT molecular complexity index is 502. The lowest BCUT2D eigenvalue weighted by molar-refractivity contribution is 0.298. The number of nitrogens with zero attached hydrogens (tertiary/aromatic N) is 2. The van der Waals surface area contributed by atoms with Crippen molar-refractivity contribution in [1.29, 1.82) is 0 Å². The van der Waals surface area contributed by atoms with Gasteiger partial charge in [-0.2, -0.15) is 4.98 Å². The summed E-state index contributed by atoms with van der Waals surface area (Å²) in [5.74, 6) is 3.06. The molecule has 0 bridgehead atoms. The molecule has 1 aromatic rings. The lowest BCUT2D eigenvalue weighted by Crippen LogP contribution is -2.30. The van der Waals surface area contributed by atoms with Crippen LogP contribution in [0.1, 0.15) is 69.5 Å². The summed E-state index contributed by atoms with van der Waals surface area (Å²) in [6, 6.07) is 1.08. The number of aromatic nitrogens is 2. The predicted molar refractivity (Wildman–Crippen MR) is 80.0 cm³/mol. The summed E-state index contributed by atoms with van der Waals surface area (Å²) in [6.07, 6.45) is 8.03. The minimum absolute atomic E-state index is 0.162. The first kappa shape index (κ1) is 13.7. The molecule has 116 valence electrons. The van der Waals surface area contributed by atoms with Gasteiger partial charge in [0.1, 0.15) is 0 Å². The molecule has 3 aliphatic carbocycles. The highest BCUT2D eigenvalue weighted by molar-refractivity contribution is 5.19. The lowest BCUT2D eigenvalue weighted by Gasteiger charge is -2.23. The largest absolute Gasteiger partial charge is 0.339 e. The molecule has 3 saturated carbocycles. The van der Waals surface area contributed by atoms with Crippen LogP contribution < -0.4 is 11.1 Å². The summed E-state index contributed by atoms with van der Waals surface area (Å²) < 4.78 is 5.58. The summed E-state index contributed by atoms with van der Waals surface area (Å²) in [4.78, 5) is 4.75. The van der Waals surface area contributed by atoms with Crippen molar-refractivity contribution in [2.75, 3.05) is 6.54 Å². The van der Waals surface area contributed by atoms with Gasteiger partial charge in [-0.1, -0.05) is 12.1 Å². The van der Waals surface area contributed by atoms with Gasteiger partial charge < -0.3 is 15.6 Å². The molecule has 3 fully saturated rings. The minimum Gasteiger partial charge on any atom is -0.339 e. The van der Waals surface area contributed by atoms with Crippen molar-refractivity contribution in [3.63, 3.8) is 0 Å². The van der Waals surface area contributed by atoms with Crippen molar-refractivity contribution in [1.82, 2.24) is 15.5 Å². The maximum atomic E-state index is 5.97. The summed E-state index contributed by atoms with van der Waals surface area (Å²) in [7, 11) is 0. The van der Waals surface area contributed by atoms with Gasteiger partial charge in [-0.3, -0.25) is 0 Å². The third kappa shape index (κ3) is 2.73. The first-order valence-corrected chi connectivity index (χ1v) is 8.49. The van der Waals surface area contributed by atoms with Crippen molar-refractivity contribution in [2.45, 2.75) is 75.3 Å². The molecule has 3 N–H and O–H groups in total. The van der Waals surface area contributed by atoms with Gasteiger partial charge in [-0.25, -0.2) is 0 Å². The van der Waals surface area contributed by atoms with E-state index < -0.39 is 0 Å². The fourth-order valence-electron chi connectivity index (χ4n) is 3.55. The average Bonchev–Trinajstić information content (AvgIpc) is 3.36. The van der Waals surface area contributed by atoms with Crippen LogP contribution in [0.4, 0.5) is 0 Å². The standard InChI is InChI=1S/C16H26N4O/c1-10-8-13(10)18-9-16(6-7-16)15-19-14(21-20-15)11-2-4-12(17)5-3-11/h10-13,18H,2-9,17H2,1H3/t10-,11-,12-,13-/m1/s1. The SMILES string of the molecule is C[C@@H]1C[C@H]1NCC1(c2noc([C@H]3CC[C@H](N)CC3)n2)CC1. The number of nitrogens with two attached hydrogens (primary N) is 1. The first-order chi connectivity index (χ1) is 10.2. The van der Waals surface area contributed by atoms with Gasteiger partial charge >= 0.3 is 0 Å². The van der Waals surface area contributed by atoms with E-state index in [1.54, 1.807) is 0 Å². The molecular formula is C16H26N4O. The van der Waals surface area contributed by atoms with Gasteiger partial charge in [0.05, 0.1) is 0 Å². The second kappa shape index (κ2) is 5.06. The van der Waals surface area contributed by atoms with Crippen molar-refractivity contribution < 1.29 is 4.52 Å². The molecule has 0 spiro atoms. The number of hydrogen-bond acceptors (Lipinski definition) is 5. The molecule has 5 heteroatoms. The fraction of sp³-hybridized carbons (Fsp3) is 0.875. The maximum absolute atomic E-state index is 5.97. The number of nitrogens with one attached hydrogen (secondary N) is 1. The molecule has 0 aromatic carbocycles. The van der Waals surface area contributed by atoms with Crippen LogP contribution in [-0.4, -0.2) is 28.8 Å². The molecule has 1 aromatic heterocycles. The van der Waals surface area contributed by atoms with Crippen LogP contribution in [0.25, 0.3) is 0 Å². The van der Waals surface area contributed by atoms with E-state index in [4.69, 9.17) is 15.2 Å². The molecule has 5 nitrogen and oxygen atoms in total. The average molecular weight is 290 g/mol. The van der Waals surface area contributed by atoms with Crippen LogP contribution in [0.5, 0.6) is 0 Å². The van der Waals surface area contributed by atoms with Gasteiger partial charge in [-0.15, -0.1) is 0 Å². The molecule has 0 aliphatic heterocycles. The Balaban J connectivity index is 1.39. The zero-order valence-electron chi connectivity index (χ0n) is 12.8. The van der Waals surface area contributed by atoms with E-state index in [0.29, 0.717) is 18.0 Å². The van der Waals surface area contributed by atoms with Gasteiger partial charge in [-0.05, 0) is 50.9 Å². The van der Waals surface area contributed by atoms with E-state index in [2.05, 4.69) is 17.4 Å². The zero-order chi connectivity index (χ0) is 14.4. The third-order valence-electron chi connectivity index (χ3n) is 5.70. The van der Waals surface area contributed by atoms with E-state index >= 15 is 0 Å².